The Kier molecular flexibility index (Phi) is 8.65. The average molecular weight is 809 g/mol. The van der Waals surface area contributed by atoms with Crippen LogP contribution in [0.1, 0.15) is 0 Å². The molecule has 8 aromatic carbocycles. The van der Waals surface area contributed by atoms with Gasteiger partial charge in [0.15, 0.2) is 5.82 Å². The Bertz CT molecular complexity index is 3610. The standard InChI is InChI=1S/C57H36N4S/c1-4-16-37(17-5-1)48-36-49(59-57(58-48)44-24-14-23-42(34-44)45-27-15-29-52-54(45)47-26-12-13-28-51(47)62-52)38-30-32-40(33-31-38)53-55(41-20-8-3-9-21-41)60-61-50(39-18-6-2-7-19-39)35-43-22-10-11-25-46(43)56(53)61/h1-36H. The third-order valence-electron chi connectivity index (χ3n) is 11.8. The molecule has 4 heterocycles. The van der Waals surface area contributed by atoms with Crippen LogP contribution in [0.4, 0.5) is 0 Å². The molecule has 0 bridgehead atoms. The van der Waals surface area contributed by atoms with Crippen LogP contribution in [0.2, 0.25) is 0 Å². The van der Waals surface area contributed by atoms with Gasteiger partial charge in [0.05, 0.1) is 22.6 Å². The van der Waals surface area contributed by atoms with Crippen molar-refractivity contribution in [1.29, 1.82) is 0 Å². The van der Waals surface area contributed by atoms with Gasteiger partial charge < -0.3 is 0 Å². The highest BCUT2D eigenvalue weighted by Gasteiger charge is 2.22. The second-order valence-electron chi connectivity index (χ2n) is 15.6. The number of hydrogen-bond donors (Lipinski definition) is 0. The lowest BCUT2D eigenvalue weighted by molar-refractivity contribution is 0.979. The molecule has 0 aliphatic heterocycles. The Hall–Kier alpha value is -7.99. The van der Waals surface area contributed by atoms with Gasteiger partial charge in [-0.25, -0.2) is 14.5 Å². The molecule has 0 atom stereocenters. The first-order valence-electron chi connectivity index (χ1n) is 20.9. The van der Waals surface area contributed by atoms with Gasteiger partial charge in [-0.1, -0.05) is 188 Å². The predicted octanol–water partition coefficient (Wildman–Crippen LogP) is 15.3. The minimum absolute atomic E-state index is 0.684. The number of rotatable bonds is 7. The van der Waals surface area contributed by atoms with E-state index >= 15 is 0 Å². The van der Waals surface area contributed by atoms with E-state index in [1.165, 1.54) is 31.1 Å². The van der Waals surface area contributed by atoms with E-state index in [-0.39, 0.29) is 0 Å². The number of pyridine rings is 1. The van der Waals surface area contributed by atoms with Crippen LogP contribution in [-0.4, -0.2) is 19.6 Å². The summed E-state index contributed by atoms with van der Waals surface area (Å²) in [5.74, 6) is 0.684. The van der Waals surface area contributed by atoms with Crippen molar-refractivity contribution in [3.63, 3.8) is 0 Å². The second-order valence-corrected chi connectivity index (χ2v) is 16.7. The van der Waals surface area contributed by atoms with Crippen molar-refractivity contribution in [2.75, 3.05) is 0 Å². The molecule has 0 saturated carbocycles. The van der Waals surface area contributed by atoms with Crippen LogP contribution >= 0.6 is 11.3 Å². The molecular weight excluding hydrogens is 773 g/mol. The van der Waals surface area contributed by atoms with Crippen molar-refractivity contribution in [3.8, 4) is 78.7 Å². The molecule has 0 unspecified atom stereocenters. The highest BCUT2D eigenvalue weighted by atomic mass is 32.1. The van der Waals surface area contributed by atoms with E-state index in [0.29, 0.717) is 5.82 Å². The van der Waals surface area contributed by atoms with Crippen LogP contribution in [0.15, 0.2) is 218 Å². The van der Waals surface area contributed by atoms with E-state index in [1.807, 2.05) is 17.4 Å². The van der Waals surface area contributed by atoms with E-state index in [9.17, 15) is 0 Å². The van der Waals surface area contributed by atoms with Crippen LogP contribution in [-0.2, 0) is 0 Å². The highest BCUT2D eigenvalue weighted by Crippen LogP contribution is 2.43. The first-order chi connectivity index (χ1) is 30.7. The van der Waals surface area contributed by atoms with Gasteiger partial charge >= 0.3 is 0 Å². The summed E-state index contributed by atoms with van der Waals surface area (Å²) in [6.45, 7) is 0. The topological polar surface area (TPSA) is 43.1 Å². The van der Waals surface area contributed by atoms with Crippen LogP contribution in [0.5, 0.6) is 0 Å². The molecule has 62 heavy (non-hydrogen) atoms. The van der Waals surface area contributed by atoms with Gasteiger partial charge in [0.25, 0.3) is 0 Å². The molecule has 0 aliphatic carbocycles. The Balaban J connectivity index is 1.01. The lowest BCUT2D eigenvalue weighted by atomic mass is 9.95. The number of hydrogen-bond acceptors (Lipinski definition) is 4. The van der Waals surface area contributed by atoms with Crippen molar-refractivity contribution in [2.45, 2.75) is 0 Å². The van der Waals surface area contributed by atoms with Crippen molar-refractivity contribution >= 4 is 47.8 Å². The third kappa shape index (κ3) is 6.18. The fourth-order valence-electron chi connectivity index (χ4n) is 8.90. The van der Waals surface area contributed by atoms with Crippen LogP contribution in [0.3, 0.4) is 0 Å². The van der Waals surface area contributed by atoms with Crippen LogP contribution in [0, 0.1) is 0 Å². The summed E-state index contributed by atoms with van der Waals surface area (Å²) in [6, 6.07) is 77.2. The number of thiophene rings is 1. The molecule has 0 spiro atoms. The van der Waals surface area contributed by atoms with Crippen molar-refractivity contribution in [1.82, 2.24) is 19.6 Å². The lowest BCUT2D eigenvalue weighted by Crippen LogP contribution is -1.96. The number of fused-ring (bicyclic) bond motifs is 6. The van der Waals surface area contributed by atoms with E-state index in [4.69, 9.17) is 15.1 Å². The SMILES string of the molecule is c1ccc(-c2cc(-c3ccc(-c4c(-c5ccccc5)nn5c(-c6ccccc6)cc6ccccc6c45)cc3)nc(-c3cccc(-c4cccc5sc6ccccc6c45)c3)n2)cc1. The molecule has 0 N–H and O–H groups in total. The Morgan fingerprint density at radius 3 is 1.71 bits per heavy atom. The molecular formula is C57H36N4S. The van der Waals surface area contributed by atoms with Gasteiger partial charge in [0.1, 0.15) is 5.69 Å². The summed E-state index contributed by atoms with van der Waals surface area (Å²) in [4.78, 5) is 10.5. The number of nitrogens with zero attached hydrogens (tertiary/aromatic N) is 4. The molecule has 0 amide bonds. The maximum atomic E-state index is 5.41. The van der Waals surface area contributed by atoms with Crippen LogP contribution in [0.25, 0.3) is 115 Å². The molecule has 12 rings (SSSR count). The quantitative estimate of drug-likeness (QED) is 0.161. The summed E-state index contributed by atoms with van der Waals surface area (Å²) in [7, 11) is 0. The predicted molar refractivity (Wildman–Crippen MR) is 259 cm³/mol. The zero-order chi connectivity index (χ0) is 41.0. The Labute approximate surface area is 362 Å². The minimum Gasteiger partial charge on any atom is -0.231 e. The number of aromatic nitrogens is 4. The highest BCUT2D eigenvalue weighted by molar-refractivity contribution is 7.25. The van der Waals surface area contributed by atoms with E-state index in [1.54, 1.807) is 0 Å². The van der Waals surface area contributed by atoms with Gasteiger partial charge in [0.2, 0.25) is 0 Å². The van der Waals surface area contributed by atoms with Gasteiger partial charge in [-0.3, -0.25) is 0 Å². The summed E-state index contributed by atoms with van der Waals surface area (Å²) in [5, 5.41) is 10.3. The zero-order valence-corrected chi connectivity index (χ0v) is 34.3. The molecule has 290 valence electrons. The first kappa shape index (κ1) is 35.9. The molecule has 0 fully saturated rings. The molecule has 4 aromatic heterocycles. The van der Waals surface area contributed by atoms with Gasteiger partial charge in [-0.2, -0.15) is 5.10 Å². The van der Waals surface area contributed by atoms with Gasteiger partial charge in [-0.05, 0) is 52.4 Å². The number of benzene rings is 8. The Morgan fingerprint density at radius 2 is 0.952 bits per heavy atom. The van der Waals surface area contributed by atoms with E-state index < -0.39 is 0 Å². The second kappa shape index (κ2) is 14.9. The summed E-state index contributed by atoms with van der Waals surface area (Å²) in [6.07, 6.45) is 0. The Morgan fingerprint density at radius 1 is 0.387 bits per heavy atom. The third-order valence-corrected chi connectivity index (χ3v) is 13.0. The molecule has 0 radical (unpaired) electrons. The largest absolute Gasteiger partial charge is 0.231 e. The van der Waals surface area contributed by atoms with Gasteiger partial charge in [-0.15, -0.1) is 11.3 Å². The normalized spacial score (nSPS) is 11.5. The zero-order valence-electron chi connectivity index (χ0n) is 33.5. The molecule has 4 nitrogen and oxygen atoms in total. The molecule has 0 aliphatic rings. The van der Waals surface area contributed by atoms with Crippen molar-refractivity contribution in [3.05, 3.63) is 218 Å². The first-order valence-corrected chi connectivity index (χ1v) is 21.7. The summed E-state index contributed by atoms with van der Waals surface area (Å²) in [5.41, 5.74) is 14.5. The maximum absolute atomic E-state index is 5.41. The molecule has 5 heteroatoms. The fourth-order valence-corrected chi connectivity index (χ4v) is 10.0. The van der Waals surface area contributed by atoms with E-state index in [0.717, 1.165) is 78.2 Å². The fraction of sp³-hybridized carbons (Fsp3) is 0. The van der Waals surface area contributed by atoms with Crippen molar-refractivity contribution < 1.29 is 0 Å². The van der Waals surface area contributed by atoms with Crippen LogP contribution < -0.4 is 0 Å². The molecule has 0 saturated heterocycles. The minimum atomic E-state index is 0.684. The monoisotopic (exact) mass is 808 g/mol. The van der Waals surface area contributed by atoms with E-state index in [2.05, 4.69) is 217 Å². The summed E-state index contributed by atoms with van der Waals surface area (Å²) >= 11 is 1.84. The average Bonchev–Trinajstić information content (AvgIpc) is 3.95. The van der Waals surface area contributed by atoms with Gasteiger partial charge in [0, 0.05) is 58.9 Å². The van der Waals surface area contributed by atoms with Crippen molar-refractivity contribution in [2.24, 2.45) is 0 Å². The smallest absolute Gasteiger partial charge is 0.160 e. The lowest BCUT2D eigenvalue weighted by Gasteiger charge is -2.12. The maximum Gasteiger partial charge on any atom is 0.160 e. The molecule has 12 aromatic rings. The summed E-state index contributed by atoms with van der Waals surface area (Å²) < 4.78 is 4.72.